The van der Waals surface area contributed by atoms with Crippen molar-refractivity contribution in [3.05, 3.63) is 29.8 Å². The SMILES string of the molecule is CC(C)CC(NC(=O)CNC(=O)CN)C(=O)NC(Cc1ccc(O)cc1)C(=O)O. The van der Waals surface area contributed by atoms with Gasteiger partial charge in [0.25, 0.3) is 0 Å². The summed E-state index contributed by atoms with van der Waals surface area (Å²) in [6.45, 7) is 3.11. The lowest BCUT2D eigenvalue weighted by Gasteiger charge is -2.23. The largest absolute Gasteiger partial charge is 0.508 e. The van der Waals surface area contributed by atoms with E-state index in [4.69, 9.17) is 5.73 Å². The molecule has 10 heteroatoms. The summed E-state index contributed by atoms with van der Waals surface area (Å²) in [4.78, 5) is 47.4. The van der Waals surface area contributed by atoms with Crippen LogP contribution in [-0.2, 0) is 25.6 Å². The lowest BCUT2D eigenvalue weighted by Crippen LogP contribution is -2.54. The summed E-state index contributed by atoms with van der Waals surface area (Å²) in [5, 5.41) is 26.0. The number of amides is 3. The molecule has 1 aromatic rings. The molecule has 0 aromatic heterocycles. The Morgan fingerprint density at radius 1 is 1.00 bits per heavy atom. The Bertz CT molecular complexity index is 720. The molecule has 1 rings (SSSR count). The average molecular weight is 408 g/mol. The number of carbonyl (C=O) groups is 4. The van der Waals surface area contributed by atoms with E-state index in [0.29, 0.717) is 5.56 Å². The molecule has 0 aliphatic carbocycles. The zero-order chi connectivity index (χ0) is 22.0. The van der Waals surface area contributed by atoms with Gasteiger partial charge in [0.2, 0.25) is 17.7 Å². The number of rotatable bonds is 11. The van der Waals surface area contributed by atoms with E-state index in [9.17, 15) is 29.4 Å². The summed E-state index contributed by atoms with van der Waals surface area (Å²) >= 11 is 0. The maximum atomic E-state index is 12.6. The van der Waals surface area contributed by atoms with Crippen molar-refractivity contribution >= 4 is 23.7 Å². The third kappa shape index (κ3) is 9.06. The van der Waals surface area contributed by atoms with Crippen LogP contribution in [0.5, 0.6) is 5.75 Å². The van der Waals surface area contributed by atoms with E-state index >= 15 is 0 Å². The number of benzene rings is 1. The van der Waals surface area contributed by atoms with E-state index < -0.39 is 35.8 Å². The molecule has 10 nitrogen and oxygen atoms in total. The molecular formula is C19H28N4O6. The van der Waals surface area contributed by atoms with Gasteiger partial charge in [0.1, 0.15) is 17.8 Å². The molecule has 160 valence electrons. The number of carbonyl (C=O) groups excluding carboxylic acids is 3. The van der Waals surface area contributed by atoms with Crippen molar-refractivity contribution in [2.45, 2.75) is 38.8 Å². The maximum absolute atomic E-state index is 12.6. The van der Waals surface area contributed by atoms with E-state index in [1.807, 2.05) is 13.8 Å². The summed E-state index contributed by atoms with van der Waals surface area (Å²) in [5.41, 5.74) is 5.77. The van der Waals surface area contributed by atoms with Crippen molar-refractivity contribution in [2.24, 2.45) is 11.7 Å². The van der Waals surface area contributed by atoms with Crippen LogP contribution < -0.4 is 21.7 Å². The number of hydrogen-bond acceptors (Lipinski definition) is 6. The molecule has 0 bridgehead atoms. The number of aromatic hydroxyl groups is 1. The number of nitrogens with one attached hydrogen (secondary N) is 3. The topological polar surface area (TPSA) is 171 Å². The lowest BCUT2D eigenvalue weighted by molar-refractivity contribution is -0.142. The minimum atomic E-state index is -1.23. The van der Waals surface area contributed by atoms with Crippen LogP contribution >= 0.6 is 0 Å². The molecule has 3 amide bonds. The van der Waals surface area contributed by atoms with E-state index in [1.165, 1.54) is 12.1 Å². The van der Waals surface area contributed by atoms with Crippen LogP contribution in [0.15, 0.2) is 24.3 Å². The number of carboxylic acids is 1. The number of phenols is 1. The highest BCUT2D eigenvalue weighted by Crippen LogP contribution is 2.12. The fourth-order valence-electron chi connectivity index (χ4n) is 2.54. The van der Waals surface area contributed by atoms with Crippen LogP contribution in [0.3, 0.4) is 0 Å². The molecule has 0 heterocycles. The third-order valence-corrected chi connectivity index (χ3v) is 3.98. The highest BCUT2D eigenvalue weighted by Gasteiger charge is 2.27. The molecule has 7 N–H and O–H groups in total. The van der Waals surface area contributed by atoms with Gasteiger partial charge >= 0.3 is 5.97 Å². The van der Waals surface area contributed by atoms with Crippen LogP contribution in [-0.4, -0.2) is 59.1 Å². The van der Waals surface area contributed by atoms with Gasteiger partial charge in [-0.3, -0.25) is 14.4 Å². The second-order valence-electron chi connectivity index (χ2n) is 7.00. The maximum Gasteiger partial charge on any atom is 0.326 e. The first-order valence-corrected chi connectivity index (χ1v) is 9.19. The fourth-order valence-corrected chi connectivity index (χ4v) is 2.54. The highest BCUT2D eigenvalue weighted by atomic mass is 16.4. The quantitative estimate of drug-likeness (QED) is 0.276. The van der Waals surface area contributed by atoms with Crippen LogP contribution in [0.1, 0.15) is 25.8 Å². The summed E-state index contributed by atoms with van der Waals surface area (Å²) in [5.74, 6) is -2.86. The molecule has 29 heavy (non-hydrogen) atoms. The van der Waals surface area contributed by atoms with Crippen molar-refractivity contribution in [1.29, 1.82) is 0 Å². The normalized spacial score (nSPS) is 12.7. The molecule has 0 fully saturated rings. The standard InChI is InChI=1S/C19H28N4O6/c1-11(2)7-14(22-17(26)10-21-16(25)9-20)18(27)23-15(19(28)29)8-12-3-5-13(24)6-4-12/h3-6,11,14-15,24H,7-10,20H2,1-2H3,(H,21,25)(H,22,26)(H,23,27)(H,28,29). The highest BCUT2D eigenvalue weighted by molar-refractivity contribution is 5.92. The number of nitrogens with two attached hydrogens (primary N) is 1. The molecule has 0 saturated heterocycles. The van der Waals surface area contributed by atoms with Gasteiger partial charge < -0.3 is 31.9 Å². The van der Waals surface area contributed by atoms with E-state index in [-0.39, 0.29) is 37.6 Å². The summed E-state index contributed by atoms with van der Waals surface area (Å²) in [6.07, 6.45) is 0.296. The van der Waals surface area contributed by atoms with Crippen molar-refractivity contribution in [2.75, 3.05) is 13.1 Å². The minimum Gasteiger partial charge on any atom is -0.508 e. The number of hydrogen-bond donors (Lipinski definition) is 6. The van der Waals surface area contributed by atoms with Crippen LogP contribution in [0.2, 0.25) is 0 Å². The number of carboxylic acid groups (broad SMARTS) is 1. The Morgan fingerprint density at radius 3 is 2.14 bits per heavy atom. The zero-order valence-electron chi connectivity index (χ0n) is 16.5. The summed E-state index contributed by atoms with van der Waals surface area (Å²) < 4.78 is 0. The average Bonchev–Trinajstić information content (AvgIpc) is 2.66. The van der Waals surface area contributed by atoms with Gasteiger partial charge in [-0.25, -0.2) is 4.79 Å². The van der Waals surface area contributed by atoms with Gasteiger partial charge in [-0.15, -0.1) is 0 Å². The molecule has 0 spiro atoms. The summed E-state index contributed by atoms with van der Waals surface area (Å²) in [7, 11) is 0. The fraction of sp³-hybridized carbons (Fsp3) is 0.474. The monoisotopic (exact) mass is 408 g/mol. The predicted octanol–water partition coefficient (Wildman–Crippen LogP) is -0.890. The Balaban J connectivity index is 2.79. The van der Waals surface area contributed by atoms with Gasteiger partial charge in [-0.1, -0.05) is 26.0 Å². The molecule has 2 unspecified atom stereocenters. The van der Waals surface area contributed by atoms with Gasteiger partial charge in [0.15, 0.2) is 0 Å². The predicted molar refractivity (Wildman–Crippen MR) is 105 cm³/mol. The smallest absolute Gasteiger partial charge is 0.326 e. The van der Waals surface area contributed by atoms with Crippen LogP contribution in [0.4, 0.5) is 0 Å². The second-order valence-corrected chi connectivity index (χ2v) is 7.00. The van der Waals surface area contributed by atoms with Crippen molar-refractivity contribution < 1.29 is 29.4 Å². The Labute approximate surface area is 168 Å². The Hall–Kier alpha value is -3.14. The first kappa shape index (κ1) is 23.9. The molecule has 0 radical (unpaired) electrons. The molecule has 0 saturated carbocycles. The van der Waals surface area contributed by atoms with Crippen LogP contribution in [0, 0.1) is 5.92 Å². The minimum absolute atomic E-state index is 0.0102. The second kappa shape index (κ2) is 11.6. The molecule has 1 aromatic carbocycles. The molecular weight excluding hydrogens is 380 g/mol. The van der Waals surface area contributed by atoms with E-state index in [2.05, 4.69) is 16.0 Å². The first-order valence-electron chi connectivity index (χ1n) is 9.19. The van der Waals surface area contributed by atoms with Gasteiger partial charge in [-0.05, 0) is 30.0 Å². The number of aliphatic carboxylic acids is 1. The van der Waals surface area contributed by atoms with Gasteiger partial charge in [0.05, 0.1) is 13.1 Å². The molecule has 0 aliphatic rings. The van der Waals surface area contributed by atoms with E-state index in [0.717, 1.165) is 0 Å². The number of phenolic OH excluding ortho intramolecular Hbond substituents is 1. The zero-order valence-corrected chi connectivity index (χ0v) is 16.5. The third-order valence-electron chi connectivity index (χ3n) is 3.98. The van der Waals surface area contributed by atoms with E-state index in [1.54, 1.807) is 12.1 Å². The Kier molecular flexibility index (Phi) is 9.60. The van der Waals surface area contributed by atoms with Crippen molar-refractivity contribution in [1.82, 2.24) is 16.0 Å². The first-order chi connectivity index (χ1) is 13.6. The van der Waals surface area contributed by atoms with Crippen molar-refractivity contribution in [3.8, 4) is 5.75 Å². The molecule has 0 aliphatic heterocycles. The lowest BCUT2D eigenvalue weighted by atomic mass is 10.0. The van der Waals surface area contributed by atoms with Crippen molar-refractivity contribution in [3.63, 3.8) is 0 Å². The van der Waals surface area contributed by atoms with Gasteiger partial charge in [0, 0.05) is 6.42 Å². The Morgan fingerprint density at radius 2 is 1.62 bits per heavy atom. The van der Waals surface area contributed by atoms with Gasteiger partial charge in [-0.2, -0.15) is 0 Å². The molecule has 2 atom stereocenters. The van der Waals surface area contributed by atoms with Crippen LogP contribution in [0.25, 0.3) is 0 Å². The summed E-state index contributed by atoms with van der Waals surface area (Å²) in [6, 6.07) is 3.80.